The van der Waals surface area contributed by atoms with Gasteiger partial charge in [-0.2, -0.15) is 4.98 Å². The van der Waals surface area contributed by atoms with Crippen LogP contribution in [0.3, 0.4) is 0 Å². The van der Waals surface area contributed by atoms with E-state index in [1.54, 1.807) is 7.11 Å². The minimum Gasteiger partial charge on any atom is -0.495 e. The van der Waals surface area contributed by atoms with Crippen LogP contribution in [0.1, 0.15) is 44.2 Å². The first-order valence-electron chi connectivity index (χ1n) is 11.0. The maximum Gasteiger partial charge on any atom is 0.225 e. The lowest BCUT2D eigenvalue weighted by Crippen LogP contribution is -2.47. The van der Waals surface area contributed by atoms with Crippen molar-refractivity contribution in [3.8, 4) is 5.75 Å². The van der Waals surface area contributed by atoms with Gasteiger partial charge in [0.1, 0.15) is 11.6 Å². The smallest absolute Gasteiger partial charge is 0.225 e. The summed E-state index contributed by atoms with van der Waals surface area (Å²) < 4.78 is 5.54. The topological polar surface area (TPSA) is 53.5 Å². The van der Waals surface area contributed by atoms with Crippen LogP contribution < -0.4 is 19.9 Å². The van der Waals surface area contributed by atoms with Gasteiger partial charge in [0.2, 0.25) is 5.95 Å². The van der Waals surface area contributed by atoms with E-state index in [2.05, 4.69) is 45.2 Å². The summed E-state index contributed by atoms with van der Waals surface area (Å²) in [5, 5.41) is 3.62. The maximum atomic E-state index is 5.54. The summed E-state index contributed by atoms with van der Waals surface area (Å²) in [4.78, 5) is 14.3. The minimum absolute atomic E-state index is 0.509. The van der Waals surface area contributed by atoms with Crippen LogP contribution in [0.4, 0.5) is 17.5 Å². The molecule has 156 valence electrons. The SMILES string of the molecule is COc1ccccc1N1CCN(c2cc(C)nc(NC3CCCCCC3)n2)CC1. The molecule has 29 heavy (non-hydrogen) atoms. The summed E-state index contributed by atoms with van der Waals surface area (Å²) in [5.41, 5.74) is 2.20. The largest absolute Gasteiger partial charge is 0.495 e. The molecule has 1 aliphatic heterocycles. The van der Waals surface area contributed by atoms with Gasteiger partial charge < -0.3 is 19.9 Å². The number of hydrogen-bond donors (Lipinski definition) is 1. The fourth-order valence-electron chi connectivity index (χ4n) is 4.45. The van der Waals surface area contributed by atoms with Crippen LogP contribution in [0.2, 0.25) is 0 Å². The van der Waals surface area contributed by atoms with E-state index in [9.17, 15) is 0 Å². The standard InChI is InChI=1S/C23H33N5O/c1-18-17-22(26-23(24-18)25-19-9-5-3-4-6-10-19)28-15-13-27(14-16-28)20-11-7-8-12-21(20)29-2/h7-8,11-12,17,19H,3-6,9-10,13-16H2,1-2H3,(H,24,25,26). The molecule has 2 aromatic rings. The van der Waals surface area contributed by atoms with Crippen molar-refractivity contribution in [2.24, 2.45) is 0 Å². The number of anilines is 3. The van der Waals surface area contributed by atoms with Gasteiger partial charge in [-0.05, 0) is 31.9 Å². The zero-order valence-corrected chi connectivity index (χ0v) is 17.7. The number of methoxy groups -OCH3 is 1. The Morgan fingerprint density at radius 3 is 2.34 bits per heavy atom. The molecule has 0 unspecified atom stereocenters. The minimum atomic E-state index is 0.509. The van der Waals surface area contributed by atoms with E-state index in [1.807, 2.05) is 12.1 Å². The van der Waals surface area contributed by atoms with Gasteiger partial charge in [-0.1, -0.05) is 37.8 Å². The van der Waals surface area contributed by atoms with Gasteiger partial charge in [-0.3, -0.25) is 0 Å². The number of piperazine rings is 1. The number of nitrogens with zero attached hydrogens (tertiary/aromatic N) is 4. The molecule has 1 saturated carbocycles. The third-order valence-electron chi connectivity index (χ3n) is 6.06. The Morgan fingerprint density at radius 1 is 0.931 bits per heavy atom. The normalized spacial score (nSPS) is 18.4. The Labute approximate surface area is 174 Å². The van der Waals surface area contributed by atoms with Crippen molar-refractivity contribution in [1.82, 2.24) is 9.97 Å². The summed E-state index contributed by atoms with van der Waals surface area (Å²) in [6.07, 6.45) is 7.78. The molecule has 1 N–H and O–H groups in total. The highest BCUT2D eigenvalue weighted by atomic mass is 16.5. The van der Waals surface area contributed by atoms with Crippen LogP contribution in [-0.4, -0.2) is 49.3 Å². The first kappa shape index (κ1) is 19.8. The van der Waals surface area contributed by atoms with Crippen molar-refractivity contribution in [3.63, 3.8) is 0 Å². The molecule has 1 saturated heterocycles. The number of benzene rings is 1. The fraction of sp³-hybridized carbons (Fsp3) is 0.565. The molecule has 6 heteroatoms. The van der Waals surface area contributed by atoms with Crippen LogP contribution in [0, 0.1) is 6.92 Å². The highest BCUT2D eigenvalue weighted by molar-refractivity contribution is 5.59. The van der Waals surface area contributed by atoms with E-state index in [0.29, 0.717) is 6.04 Å². The van der Waals surface area contributed by atoms with E-state index in [1.165, 1.54) is 44.2 Å². The monoisotopic (exact) mass is 395 g/mol. The number of hydrogen-bond acceptors (Lipinski definition) is 6. The van der Waals surface area contributed by atoms with Crippen LogP contribution in [0.25, 0.3) is 0 Å². The summed E-state index contributed by atoms with van der Waals surface area (Å²) in [6, 6.07) is 10.9. The van der Waals surface area contributed by atoms with Crippen LogP contribution in [0.5, 0.6) is 5.75 Å². The summed E-state index contributed by atoms with van der Waals surface area (Å²) in [5.74, 6) is 2.76. The van der Waals surface area contributed by atoms with Crippen molar-refractivity contribution in [1.29, 1.82) is 0 Å². The summed E-state index contributed by atoms with van der Waals surface area (Å²) in [6.45, 7) is 5.85. The predicted octanol–water partition coefficient (Wildman–Crippen LogP) is 4.25. The zero-order chi connectivity index (χ0) is 20.1. The summed E-state index contributed by atoms with van der Waals surface area (Å²) >= 11 is 0. The lowest BCUT2D eigenvalue weighted by atomic mass is 10.1. The van der Waals surface area contributed by atoms with Crippen LogP contribution >= 0.6 is 0 Å². The van der Waals surface area contributed by atoms with E-state index < -0.39 is 0 Å². The first-order chi connectivity index (χ1) is 14.2. The Bertz CT molecular complexity index is 796. The van der Waals surface area contributed by atoms with Crippen LogP contribution in [0.15, 0.2) is 30.3 Å². The van der Waals surface area contributed by atoms with Gasteiger partial charge in [0, 0.05) is 44.0 Å². The predicted molar refractivity (Wildman–Crippen MR) is 119 cm³/mol. The fourth-order valence-corrected chi connectivity index (χ4v) is 4.45. The molecule has 2 aliphatic rings. The van der Waals surface area contributed by atoms with E-state index in [-0.39, 0.29) is 0 Å². The third kappa shape index (κ3) is 4.92. The van der Waals surface area contributed by atoms with Gasteiger partial charge in [-0.25, -0.2) is 4.98 Å². The van der Waals surface area contributed by atoms with Crippen molar-refractivity contribution in [3.05, 3.63) is 36.0 Å². The second kappa shape index (κ2) is 9.33. The summed E-state index contributed by atoms with van der Waals surface area (Å²) in [7, 11) is 1.74. The second-order valence-electron chi connectivity index (χ2n) is 8.17. The quantitative estimate of drug-likeness (QED) is 0.764. The molecule has 0 spiro atoms. The molecule has 1 aromatic heterocycles. The van der Waals surface area contributed by atoms with Gasteiger partial charge in [0.15, 0.2) is 0 Å². The Morgan fingerprint density at radius 2 is 1.62 bits per heavy atom. The molecule has 0 atom stereocenters. The van der Waals surface area contributed by atoms with Crippen molar-refractivity contribution >= 4 is 17.5 Å². The molecule has 2 fully saturated rings. The molecular formula is C23H33N5O. The maximum absolute atomic E-state index is 5.54. The molecule has 6 nitrogen and oxygen atoms in total. The molecule has 1 aromatic carbocycles. The lowest BCUT2D eigenvalue weighted by Gasteiger charge is -2.37. The molecule has 1 aliphatic carbocycles. The van der Waals surface area contributed by atoms with Gasteiger partial charge in [0.25, 0.3) is 0 Å². The number of aromatic nitrogens is 2. The van der Waals surface area contributed by atoms with Gasteiger partial charge >= 0.3 is 0 Å². The van der Waals surface area contributed by atoms with Gasteiger partial charge in [-0.15, -0.1) is 0 Å². The van der Waals surface area contributed by atoms with Crippen molar-refractivity contribution in [2.75, 3.05) is 48.4 Å². The number of rotatable bonds is 5. The number of ether oxygens (including phenoxy) is 1. The molecule has 2 heterocycles. The first-order valence-corrected chi connectivity index (χ1v) is 11.0. The second-order valence-corrected chi connectivity index (χ2v) is 8.17. The number of aryl methyl sites for hydroxylation is 1. The van der Waals surface area contributed by atoms with E-state index in [0.717, 1.165) is 49.4 Å². The molecule has 0 amide bonds. The van der Waals surface area contributed by atoms with Crippen molar-refractivity contribution in [2.45, 2.75) is 51.5 Å². The highest BCUT2D eigenvalue weighted by Crippen LogP contribution is 2.29. The Kier molecular flexibility index (Phi) is 6.37. The van der Waals surface area contributed by atoms with E-state index in [4.69, 9.17) is 9.72 Å². The van der Waals surface area contributed by atoms with Gasteiger partial charge in [0.05, 0.1) is 12.8 Å². The molecular weight excluding hydrogens is 362 g/mol. The average molecular weight is 396 g/mol. The molecule has 0 radical (unpaired) electrons. The van der Waals surface area contributed by atoms with Crippen molar-refractivity contribution < 1.29 is 4.74 Å². The Hall–Kier alpha value is -2.50. The van der Waals surface area contributed by atoms with E-state index >= 15 is 0 Å². The third-order valence-corrected chi connectivity index (χ3v) is 6.06. The zero-order valence-electron chi connectivity index (χ0n) is 17.7. The lowest BCUT2D eigenvalue weighted by molar-refractivity contribution is 0.413. The van der Waals surface area contributed by atoms with Crippen LogP contribution in [-0.2, 0) is 0 Å². The number of nitrogens with one attached hydrogen (secondary N) is 1. The Balaban J connectivity index is 1.42. The molecule has 0 bridgehead atoms. The highest BCUT2D eigenvalue weighted by Gasteiger charge is 2.21. The molecule has 4 rings (SSSR count). The number of para-hydroxylation sites is 2. The average Bonchev–Trinajstić information content (AvgIpc) is 3.02.